The normalized spacial score (nSPS) is 52.1. The van der Waals surface area contributed by atoms with Crippen LogP contribution >= 0.6 is 0 Å². The number of esters is 1. The number of allylic oxidation sites excluding steroid dienone is 1. The van der Waals surface area contributed by atoms with Gasteiger partial charge in [0.05, 0.1) is 24.7 Å². The second-order valence-electron chi connectivity index (χ2n) is 7.15. The van der Waals surface area contributed by atoms with E-state index in [1.807, 2.05) is 13.8 Å². The number of hydrogen-bond donors (Lipinski definition) is 2. The summed E-state index contributed by atoms with van der Waals surface area (Å²) in [5, 5.41) is 21.0. The summed E-state index contributed by atoms with van der Waals surface area (Å²) in [6.07, 6.45) is 0.966. The van der Waals surface area contributed by atoms with Crippen LogP contribution in [-0.2, 0) is 14.3 Å². The molecule has 0 radical (unpaired) electrons. The predicted molar refractivity (Wildman–Crippen MR) is 68.4 cm³/mol. The Labute approximate surface area is 117 Å². The van der Waals surface area contributed by atoms with Gasteiger partial charge in [0.1, 0.15) is 5.41 Å². The molecule has 2 aliphatic carbocycles. The molecule has 2 heterocycles. The third-order valence-corrected chi connectivity index (χ3v) is 6.12. The molecule has 0 aromatic rings. The summed E-state index contributed by atoms with van der Waals surface area (Å²) in [7, 11) is 0. The van der Waals surface area contributed by atoms with Crippen molar-refractivity contribution in [3.8, 4) is 0 Å². The quantitative estimate of drug-likeness (QED) is 0.502. The van der Waals surface area contributed by atoms with Crippen molar-refractivity contribution in [3.05, 3.63) is 11.6 Å². The van der Waals surface area contributed by atoms with Crippen LogP contribution in [0.25, 0.3) is 0 Å². The molecule has 2 saturated heterocycles. The maximum Gasteiger partial charge on any atom is 0.318 e. The van der Waals surface area contributed by atoms with Crippen LogP contribution in [0.4, 0.5) is 0 Å². The molecule has 5 nitrogen and oxygen atoms in total. The fourth-order valence-corrected chi connectivity index (χ4v) is 4.95. The van der Waals surface area contributed by atoms with Crippen molar-refractivity contribution >= 4 is 5.97 Å². The summed E-state index contributed by atoms with van der Waals surface area (Å²) < 4.78 is 11.0. The summed E-state index contributed by atoms with van der Waals surface area (Å²) in [5.41, 5.74) is -0.297. The molecule has 2 N–H and O–H groups in total. The zero-order valence-corrected chi connectivity index (χ0v) is 11.7. The Morgan fingerprint density at radius 2 is 2.05 bits per heavy atom. The van der Waals surface area contributed by atoms with E-state index in [0.717, 1.165) is 5.57 Å². The first-order valence-electron chi connectivity index (χ1n) is 7.28. The van der Waals surface area contributed by atoms with Crippen LogP contribution in [0.2, 0.25) is 0 Å². The molecule has 1 saturated carbocycles. The molecule has 3 fully saturated rings. The molecule has 0 aromatic carbocycles. The maximum atomic E-state index is 12.6. The monoisotopic (exact) mass is 280 g/mol. The van der Waals surface area contributed by atoms with Gasteiger partial charge in [-0.1, -0.05) is 19.9 Å². The molecule has 5 heteroatoms. The van der Waals surface area contributed by atoms with E-state index in [1.165, 1.54) is 0 Å². The minimum atomic E-state index is -0.937. The average molecular weight is 280 g/mol. The number of aliphatic hydroxyl groups excluding tert-OH is 2. The van der Waals surface area contributed by atoms with Crippen molar-refractivity contribution < 1.29 is 24.5 Å². The third kappa shape index (κ3) is 1.19. The van der Waals surface area contributed by atoms with E-state index in [9.17, 15) is 15.0 Å². The van der Waals surface area contributed by atoms with Gasteiger partial charge >= 0.3 is 5.97 Å². The molecule has 2 aliphatic heterocycles. The van der Waals surface area contributed by atoms with Gasteiger partial charge in [-0.05, 0) is 23.3 Å². The number of hydrogen-bond acceptors (Lipinski definition) is 5. The first-order valence-corrected chi connectivity index (χ1v) is 7.28. The van der Waals surface area contributed by atoms with E-state index in [1.54, 1.807) is 0 Å². The lowest BCUT2D eigenvalue weighted by Crippen LogP contribution is -2.63. The van der Waals surface area contributed by atoms with Gasteiger partial charge in [0.25, 0.3) is 0 Å². The molecule has 6 unspecified atom stereocenters. The van der Waals surface area contributed by atoms with Gasteiger partial charge < -0.3 is 19.7 Å². The lowest BCUT2D eigenvalue weighted by atomic mass is 9.47. The van der Waals surface area contributed by atoms with Gasteiger partial charge in [0.2, 0.25) is 6.29 Å². The van der Waals surface area contributed by atoms with Gasteiger partial charge in [0.15, 0.2) is 0 Å². The fraction of sp³-hybridized carbons (Fsp3) is 0.800. The Balaban J connectivity index is 1.92. The maximum absolute atomic E-state index is 12.6. The number of carbonyl (C=O) groups excluding carboxylic acids is 1. The van der Waals surface area contributed by atoms with Crippen LogP contribution in [-0.4, -0.2) is 41.3 Å². The Bertz CT molecular complexity index is 510. The lowest BCUT2D eigenvalue weighted by molar-refractivity contribution is -0.192. The Kier molecular flexibility index (Phi) is 2.33. The molecule has 0 aromatic heterocycles. The van der Waals surface area contributed by atoms with E-state index >= 15 is 0 Å². The minimum absolute atomic E-state index is 0.123. The van der Waals surface area contributed by atoms with Crippen molar-refractivity contribution in [2.24, 2.45) is 22.7 Å². The highest BCUT2D eigenvalue weighted by Crippen LogP contribution is 2.65. The summed E-state index contributed by atoms with van der Waals surface area (Å²) in [4.78, 5) is 12.6. The molecule has 0 amide bonds. The second kappa shape index (κ2) is 3.64. The minimum Gasteiger partial charge on any atom is -0.435 e. The largest absolute Gasteiger partial charge is 0.435 e. The van der Waals surface area contributed by atoms with E-state index < -0.39 is 29.3 Å². The zero-order chi connectivity index (χ0) is 14.3. The number of rotatable bonds is 0. The predicted octanol–water partition coefficient (Wildman–Crippen LogP) is 0.600. The Hall–Kier alpha value is -0.910. The number of aliphatic hydroxyl groups is 2. The average Bonchev–Trinajstić information content (AvgIpc) is 2.91. The van der Waals surface area contributed by atoms with Gasteiger partial charge in [-0.2, -0.15) is 0 Å². The molecule has 4 rings (SSSR count). The fourth-order valence-electron chi connectivity index (χ4n) is 4.95. The summed E-state index contributed by atoms with van der Waals surface area (Å²) in [6.45, 7) is 4.43. The van der Waals surface area contributed by atoms with Crippen molar-refractivity contribution in [2.75, 3.05) is 6.61 Å². The molecular formula is C15H20O5. The van der Waals surface area contributed by atoms with Crippen molar-refractivity contribution in [1.82, 2.24) is 0 Å². The molecule has 110 valence electrons. The van der Waals surface area contributed by atoms with Gasteiger partial charge in [0, 0.05) is 6.42 Å². The van der Waals surface area contributed by atoms with Crippen molar-refractivity contribution in [3.63, 3.8) is 0 Å². The van der Waals surface area contributed by atoms with Crippen LogP contribution < -0.4 is 0 Å². The highest BCUT2D eigenvalue weighted by molar-refractivity contribution is 5.83. The van der Waals surface area contributed by atoms with Gasteiger partial charge in [-0.25, -0.2) is 0 Å². The molecule has 0 bridgehead atoms. The summed E-state index contributed by atoms with van der Waals surface area (Å²) in [5.74, 6) is -0.660. The Morgan fingerprint density at radius 1 is 1.30 bits per heavy atom. The third-order valence-electron chi connectivity index (χ3n) is 6.12. The molecule has 1 spiro atoms. The molecular weight excluding hydrogens is 260 g/mol. The number of ether oxygens (including phenoxy) is 2. The molecule has 4 aliphatic rings. The van der Waals surface area contributed by atoms with Crippen LogP contribution in [0, 0.1) is 22.7 Å². The van der Waals surface area contributed by atoms with E-state index in [2.05, 4.69) is 6.08 Å². The summed E-state index contributed by atoms with van der Waals surface area (Å²) in [6, 6.07) is 0. The molecule has 20 heavy (non-hydrogen) atoms. The Morgan fingerprint density at radius 3 is 2.80 bits per heavy atom. The van der Waals surface area contributed by atoms with Crippen molar-refractivity contribution in [1.29, 1.82) is 0 Å². The van der Waals surface area contributed by atoms with Crippen LogP contribution in [0.15, 0.2) is 11.6 Å². The van der Waals surface area contributed by atoms with E-state index in [4.69, 9.17) is 9.47 Å². The highest BCUT2D eigenvalue weighted by atomic mass is 16.7. The highest BCUT2D eigenvalue weighted by Gasteiger charge is 2.73. The van der Waals surface area contributed by atoms with Crippen LogP contribution in [0.3, 0.4) is 0 Å². The summed E-state index contributed by atoms with van der Waals surface area (Å²) >= 11 is 0. The van der Waals surface area contributed by atoms with Crippen LogP contribution in [0.1, 0.15) is 26.7 Å². The van der Waals surface area contributed by atoms with Gasteiger partial charge in [-0.15, -0.1) is 0 Å². The van der Waals surface area contributed by atoms with E-state index in [-0.39, 0.29) is 24.2 Å². The van der Waals surface area contributed by atoms with Crippen LogP contribution in [0.5, 0.6) is 0 Å². The smallest absolute Gasteiger partial charge is 0.318 e. The first kappa shape index (κ1) is 12.8. The number of carbonyl (C=O) groups is 1. The second-order valence-corrected chi connectivity index (χ2v) is 7.15. The topological polar surface area (TPSA) is 76.0 Å². The van der Waals surface area contributed by atoms with Crippen molar-refractivity contribution in [2.45, 2.75) is 45.2 Å². The van der Waals surface area contributed by atoms with E-state index in [0.29, 0.717) is 13.0 Å². The SMILES string of the molecule is CC1(C)C(O)CC(O)C23C(=O)OC4OCC(=CCC12)C43. The first-order chi connectivity index (χ1) is 9.40. The molecule has 6 atom stereocenters. The van der Waals surface area contributed by atoms with Gasteiger partial charge in [-0.3, -0.25) is 4.79 Å². The standard InChI is InChI=1S/C15H20O5/c1-14(2)8-4-3-7-6-19-12-11(7)15(8,13(18)20-12)10(17)5-9(14)16/h3,8-12,16-17H,4-6H2,1-2H3. The zero-order valence-electron chi connectivity index (χ0n) is 11.7. The lowest BCUT2D eigenvalue weighted by Gasteiger charge is -2.56.